The lowest BCUT2D eigenvalue weighted by Crippen LogP contribution is -2.56. The number of amides is 2. The molecule has 0 fully saturated rings. The van der Waals surface area contributed by atoms with Crippen molar-refractivity contribution in [2.75, 3.05) is 6.54 Å². The maximum Gasteiger partial charge on any atom is 0.329 e. The molecule has 1 aromatic rings. The summed E-state index contributed by atoms with van der Waals surface area (Å²) in [7, 11) is 0. The normalized spacial score (nSPS) is 11.0. The summed E-state index contributed by atoms with van der Waals surface area (Å²) in [6.07, 6.45) is 2.41. The van der Waals surface area contributed by atoms with E-state index in [-0.39, 0.29) is 0 Å². The number of urea groups is 1. The summed E-state index contributed by atoms with van der Waals surface area (Å²) in [5.41, 5.74) is 0.0467. The molecule has 0 radical (unpaired) electrons. The molecule has 0 aliphatic rings. The number of nitrogens with one attached hydrogen (secondary N) is 2. The van der Waals surface area contributed by atoms with Gasteiger partial charge >= 0.3 is 12.0 Å². The number of carboxylic acids is 1. The summed E-state index contributed by atoms with van der Waals surface area (Å²) in [5.74, 6) is -0.994. The van der Waals surface area contributed by atoms with Crippen molar-refractivity contribution in [3.05, 3.63) is 35.9 Å². The fourth-order valence-corrected chi connectivity index (χ4v) is 2.18. The number of hydrogen-bond acceptors (Lipinski definition) is 2. The van der Waals surface area contributed by atoms with Crippen LogP contribution in [-0.4, -0.2) is 29.2 Å². The van der Waals surface area contributed by atoms with Crippen molar-refractivity contribution in [3.63, 3.8) is 0 Å². The summed E-state index contributed by atoms with van der Waals surface area (Å²) >= 11 is 0. The maximum absolute atomic E-state index is 11.8. The number of rotatable bonds is 8. The quantitative estimate of drug-likeness (QED) is 0.644. The molecule has 0 saturated carbocycles. The monoisotopic (exact) mass is 292 g/mol. The zero-order chi connectivity index (χ0) is 15.7. The minimum Gasteiger partial charge on any atom is -0.480 e. The molecule has 2 amide bonds. The van der Waals surface area contributed by atoms with Gasteiger partial charge in [0.05, 0.1) is 0 Å². The SMILES string of the molecule is CCC(CC)(NC(=O)NCCCc1ccccc1)C(=O)O. The van der Waals surface area contributed by atoms with Gasteiger partial charge in [-0.15, -0.1) is 0 Å². The van der Waals surface area contributed by atoms with Crippen molar-refractivity contribution in [1.29, 1.82) is 0 Å². The summed E-state index contributed by atoms with van der Waals surface area (Å²) in [4.78, 5) is 23.1. The van der Waals surface area contributed by atoms with E-state index in [0.717, 1.165) is 12.8 Å². The molecule has 0 aromatic heterocycles. The third-order valence-electron chi connectivity index (χ3n) is 3.74. The summed E-state index contributed by atoms with van der Waals surface area (Å²) in [5, 5.41) is 14.5. The lowest BCUT2D eigenvalue weighted by molar-refractivity contribution is -0.144. The average Bonchev–Trinajstić information content (AvgIpc) is 2.50. The van der Waals surface area contributed by atoms with Gasteiger partial charge in [0, 0.05) is 6.54 Å². The van der Waals surface area contributed by atoms with Crippen molar-refractivity contribution >= 4 is 12.0 Å². The Labute approximate surface area is 125 Å². The van der Waals surface area contributed by atoms with E-state index in [9.17, 15) is 14.7 Å². The molecule has 5 nitrogen and oxygen atoms in total. The van der Waals surface area contributed by atoms with Crippen molar-refractivity contribution in [2.45, 2.75) is 45.1 Å². The van der Waals surface area contributed by atoms with E-state index in [2.05, 4.69) is 10.6 Å². The molecule has 0 aliphatic carbocycles. The van der Waals surface area contributed by atoms with Crippen LogP contribution in [0, 0.1) is 0 Å². The van der Waals surface area contributed by atoms with E-state index in [0.29, 0.717) is 19.4 Å². The molecule has 0 bridgehead atoms. The van der Waals surface area contributed by atoms with E-state index >= 15 is 0 Å². The predicted molar refractivity (Wildman–Crippen MR) is 82.2 cm³/mol. The molecule has 0 spiro atoms. The van der Waals surface area contributed by atoms with E-state index in [1.54, 1.807) is 13.8 Å². The molecule has 116 valence electrons. The molecular weight excluding hydrogens is 268 g/mol. The zero-order valence-electron chi connectivity index (χ0n) is 12.7. The highest BCUT2D eigenvalue weighted by atomic mass is 16.4. The Balaban J connectivity index is 2.35. The second-order valence-electron chi connectivity index (χ2n) is 5.06. The Hall–Kier alpha value is -2.04. The topological polar surface area (TPSA) is 78.4 Å². The largest absolute Gasteiger partial charge is 0.480 e. The molecule has 0 heterocycles. The van der Waals surface area contributed by atoms with Gasteiger partial charge in [-0.2, -0.15) is 0 Å². The first-order valence-corrected chi connectivity index (χ1v) is 7.37. The molecule has 0 unspecified atom stereocenters. The number of aryl methyl sites for hydroxylation is 1. The van der Waals surface area contributed by atoms with Gasteiger partial charge in [-0.25, -0.2) is 9.59 Å². The number of carbonyl (C=O) groups is 2. The smallest absolute Gasteiger partial charge is 0.329 e. The Kier molecular flexibility index (Phi) is 6.72. The number of carbonyl (C=O) groups excluding carboxylic acids is 1. The van der Waals surface area contributed by atoms with Gasteiger partial charge in [-0.05, 0) is 31.2 Å². The number of carboxylic acid groups (broad SMARTS) is 1. The van der Waals surface area contributed by atoms with Gasteiger partial charge in [0.2, 0.25) is 0 Å². The van der Waals surface area contributed by atoms with Crippen LogP contribution >= 0.6 is 0 Å². The van der Waals surface area contributed by atoms with E-state index in [1.807, 2.05) is 30.3 Å². The molecule has 0 saturated heterocycles. The van der Waals surface area contributed by atoms with Crippen LogP contribution in [-0.2, 0) is 11.2 Å². The molecular formula is C16H24N2O3. The highest BCUT2D eigenvalue weighted by Gasteiger charge is 2.36. The standard InChI is InChI=1S/C16H24N2O3/c1-3-16(4-2,14(19)20)18-15(21)17-12-8-11-13-9-6-5-7-10-13/h5-7,9-10H,3-4,8,11-12H2,1-2H3,(H,19,20)(H2,17,18,21). The molecule has 21 heavy (non-hydrogen) atoms. The van der Waals surface area contributed by atoms with Crippen LogP contribution in [0.5, 0.6) is 0 Å². The van der Waals surface area contributed by atoms with Crippen molar-refractivity contribution in [3.8, 4) is 0 Å². The second-order valence-corrected chi connectivity index (χ2v) is 5.06. The van der Waals surface area contributed by atoms with E-state index in [1.165, 1.54) is 5.56 Å². The Morgan fingerprint density at radius 3 is 2.29 bits per heavy atom. The highest BCUT2D eigenvalue weighted by molar-refractivity contribution is 5.86. The van der Waals surface area contributed by atoms with Crippen LogP contribution in [0.3, 0.4) is 0 Å². The number of benzene rings is 1. The molecule has 1 rings (SSSR count). The third kappa shape index (κ3) is 5.10. The van der Waals surface area contributed by atoms with Crippen molar-refractivity contribution < 1.29 is 14.7 Å². The molecule has 5 heteroatoms. The predicted octanol–water partition coefficient (Wildman–Crippen LogP) is 2.56. The average molecular weight is 292 g/mol. The minimum absolute atomic E-state index is 0.357. The van der Waals surface area contributed by atoms with Gasteiger partial charge in [-0.1, -0.05) is 44.2 Å². The Morgan fingerprint density at radius 1 is 1.14 bits per heavy atom. The summed E-state index contributed by atoms with van der Waals surface area (Å²) < 4.78 is 0. The van der Waals surface area contributed by atoms with Crippen LogP contribution in [0.4, 0.5) is 4.79 Å². The van der Waals surface area contributed by atoms with Gasteiger partial charge in [0.15, 0.2) is 0 Å². The minimum atomic E-state index is -1.18. The molecule has 0 atom stereocenters. The Bertz CT molecular complexity index is 456. The van der Waals surface area contributed by atoms with Gasteiger partial charge in [-0.3, -0.25) is 0 Å². The summed E-state index contributed by atoms with van der Waals surface area (Å²) in [6.45, 7) is 4.03. The van der Waals surface area contributed by atoms with Crippen LogP contribution < -0.4 is 10.6 Å². The fraction of sp³-hybridized carbons (Fsp3) is 0.500. The Morgan fingerprint density at radius 2 is 1.76 bits per heavy atom. The van der Waals surface area contributed by atoms with Crippen LogP contribution in [0.15, 0.2) is 30.3 Å². The first kappa shape index (κ1) is 17.0. The zero-order valence-corrected chi connectivity index (χ0v) is 12.7. The fourth-order valence-electron chi connectivity index (χ4n) is 2.18. The first-order valence-electron chi connectivity index (χ1n) is 7.37. The van der Waals surface area contributed by atoms with E-state index in [4.69, 9.17) is 0 Å². The summed E-state index contributed by atoms with van der Waals surface area (Å²) in [6, 6.07) is 9.61. The lowest BCUT2D eigenvalue weighted by Gasteiger charge is -2.28. The second kappa shape index (κ2) is 8.29. The van der Waals surface area contributed by atoms with E-state index < -0.39 is 17.5 Å². The van der Waals surface area contributed by atoms with Crippen molar-refractivity contribution in [2.24, 2.45) is 0 Å². The molecule has 1 aromatic carbocycles. The van der Waals surface area contributed by atoms with Crippen LogP contribution in [0.25, 0.3) is 0 Å². The van der Waals surface area contributed by atoms with Gasteiger partial charge in [0.25, 0.3) is 0 Å². The number of aliphatic carboxylic acids is 1. The van der Waals surface area contributed by atoms with Crippen LogP contribution in [0.2, 0.25) is 0 Å². The van der Waals surface area contributed by atoms with Crippen LogP contribution in [0.1, 0.15) is 38.7 Å². The lowest BCUT2D eigenvalue weighted by atomic mass is 9.93. The first-order chi connectivity index (χ1) is 10.0. The third-order valence-corrected chi connectivity index (χ3v) is 3.74. The van der Waals surface area contributed by atoms with Gasteiger partial charge < -0.3 is 15.7 Å². The van der Waals surface area contributed by atoms with Gasteiger partial charge in [0.1, 0.15) is 5.54 Å². The van der Waals surface area contributed by atoms with Crippen molar-refractivity contribution in [1.82, 2.24) is 10.6 Å². The molecule has 3 N–H and O–H groups in total. The molecule has 0 aliphatic heterocycles. The number of hydrogen-bond donors (Lipinski definition) is 3. The highest BCUT2D eigenvalue weighted by Crippen LogP contribution is 2.15. The maximum atomic E-state index is 11.8.